The Morgan fingerprint density at radius 1 is 1.38 bits per heavy atom. The molecule has 2 N–H and O–H groups in total. The van der Waals surface area contributed by atoms with Gasteiger partial charge in [-0.3, -0.25) is 9.59 Å². The van der Waals surface area contributed by atoms with Crippen molar-refractivity contribution >= 4 is 23.6 Å². The van der Waals surface area contributed by atoms with Crippen molar-refractivity contribution in [1.82, 2.24) is 10.2 Å². The summed E-state index contributed by atoms with van der Waals surface area (Å²) in [5.74, 6) is 0.603. The van der Waals surface area contributed by atoms with Gasteiger partial charge in [0.1, 0.15) is 5.75 Å². The molecule has 4 rings (SSSR count). The number of amides is 2. The normalized spacial score (nSPS) is 21.0. The smallest absolute Gasteiger partial charge is 0.300 e. The molecule has 0 aromatic heterocycles. The lowest BCUT2D eigenvalue weighted by atomic mass is 9.89. The Kier molecular flexibility index (Phi) is 5.34. The van der Waals surface area contributed by atoms with Gasteiger partial charge in [0.15, 0.2) is 6.21 Å². The zero-order chi connectivity index (χ0) is 20.4. The van der Waals surface area contributed by atoms with Crippen LogP contribution in [0.3, 0.4) is 0 Å². The molecule has 0 saturated heterocycles. The summed E-state index contributed by atoms with van der Waals surface area (Å²) in [4.78, 5) is 30.3. The first-order chi connectivity index (χ1) is 14.1. The first-order valence-corrected chi connectivity index (χ1v) is 10.0. The largest absolute Gasteiger partial charge is 0.496 e. The summed E-state index contributed by atoms with van der Waals surface area (Å²) >= 11 is 0. The Labute approximate surface area is 170 Å². The zero-order valence-electron chi connectivity index (χ0n) is 16.8. The Morgan fingerprint density at radius 3 is 2.90 bits per heavy atom. The molecule has 1 atom stereocenters. The Bertz CT molecular complexity index is 954. The third kappa shape index (κ3) is 3.62. The van der Waals surface area contributed by atoms with E-state index in [4.69, 9.17) is 4.74 Å². The lowest BCUT2D eigenvalue weighted by molar-refractivity contribution is -0.467. The zero-order valence-corrected chi connectivity index (χ0v) is 16.8. The fraction of sp³-hybridized carbons (Fsp3) is 0.348. The monoisotopic (exact) mass is 392 g/mol. The Morgan fingerprint density at radius 2 is 2.21 bits per heavy atom. The standard InChI is InChI=1S/C23H25N3O3/c1-3-4-12-26-14-19(17-10-11-24-21(17)23(26)28)18-13-15(8-9-20(18)29-2)22(27)25-16-6-5-7-16/h3-4,8-11,13-14,16,21H,5-7,12H2,1-2H3,(H,25,27)/p+1/b4-3+. The minimum absolute atomic E-state index is 0.00435. The molecule has 2 aliphatic heterocycles. The molecule has 1 unspecified atom stereocenters. The first kappa shape index (κ1) is 19.2. The second kappa shape index (κ2) is 8.07. The van der Waals surface area contributed by atoms with Crippen LogP contribution >= 0.6 is 0 Å². The molecule has 0 spiro atoms. The Balaban J connectivity index is 1.73. The SMILES string of the molecule is C/C=C/CN1C=C(c2cc(C(=O)NC3CCC3)ccc2OC)C2=CC=[NH+]C2C1=O. The summed E-state index contributed by atoms with van der Waals surface area (Å²) in [6, 6.07) is 5.32. The number of ether oxygens (including phenoxy) is 1. The number of hydrogen-bond donors (Lipinski definition) is 2. The van der Waals surface area contributed by atoms with Crippen LogP contribution in [0.1, 0.15) is 42.1 Å². The highest BCUT2D eigenvalue weighted by molar-refractivity contribution is 6.03. The number of fused-ring (bicyclic) bond motifs is 1. The fourth-order valence-corrected chi connectivity index (χ4v) is 3.80. The number of carbonyl (C=O) groups excluding carboxylic acids is 2. The van der Waals surface area contributed by atoms with Crippen LogP contribution in [-0.4, -0.2) is 48.7 Å². The molecule has 0 bridgehead atoms. The molecule has 2 amide bonds. The third-order valence-electron chi connectivity index (χ3n) is 5.69. The summed E-state index contributed by atoms with van der Waals surface area (Å²) in [5, 5.41) is 3.08. The van der Waals surface area contributed by atoms with E-state index < -0.39 is 6.04 Å². The first-order valence-electron chi connectivity index (χ1n) is 10.0. The van der Waals surface area contributed by atoms with E-state index in [1.54, 1.807) is 24.3 Å². The maximum absolute atomic E-state index is 12.8. The van der Waals surface area contributed by atoms with Crippen LogP contribution in [0.4, 0.5) is 0 Å². The lowest BCUT2D eigenvalue weighted by Gasteiger charge is -2.28. The molecule has 0 radical (unpaired) electrons. The molecule has 1 aliphatic carbocycles. The minimum atomic E-state index is -0.419. The molecule has 1 aromatic rings. The van der Waals surface area contributed by atoms with Gasteiger partial charge >= 0.3 is 0 Å². The van der Waals surface area contributed by atoms with Gasteiger partial charge in [0.05, 0.1) is 7.11 Å². The number of allylic oxidation sites excluding steroid dienone is 2. The fourth-order valence-electron chi connectivity index (χ4n) is 3.80. The van der Waals surface area contributed by atoms with E-state index in [0.717, 1.165) is 29.6 Å². The topological polar surface area (TPSA) is 72.6 Å². The predicted octanol–water partition coefficient (Wildman–Crippen LogP) is 1.20. The molecule has 6 heteroatoms. The van der Waals surface area contributed by atoms with E-state index in [0.29, 0.717) is 17.9 Å². The summed E-state index contributed by atoms with van der Waals surface area (Å²) in [6.45, 7) is 2.42. The van der Waals surface area contributed by atoms with Gasteiger partial charge in [-0.05, 0) is 44.4 Å². The van der Waals surface area contributed by atoms with E-state index in [1.807, 2.05) is 43.5 Å². The van der Waals surface area contributed by atoms with Gasteiger partial charge < -0.3 is 15.0 Å². The van der Waals surface area contributed by atoms with Gasteiger partial charge in [-0.1, -0.05) is 12.2 Å². The molecular weight excluding hydrogens is 366 g/mol. The Hall–Kier alpha value is -3.15. The van der Waals surface area contributed by atoms with E-state index in [9.17, 15) is 9.59 Å². The van der Waals surface area contributed by atoms with Gasteiger partial charge in [-0.25, -0.2) is 4.99 Å². The van der Waals surface area contributed by atoms with Crippen molar-refractivity contribution in [1.29, 1.82) is 0 Å². The number of carbonyl (C=O) groups is 2. The average molecular weight is 392 g/mol. The van der Waals surface area contributed by atoms with Gasteiger partial charge in [0.2, 0.25) is 0 Å². The number of hydrogen-bond acceptors (Lipinski definition) is 3. The molecule has 2 heterocycles. The number of nitrogens with one attached hydrogen (secondary N) is 2. The van der Waals surface area contributed by atoms with Crippen molar-refractivity contribution in [3.63, 3.8) is 0 Å². The van der Waals surface area contributed by atoms with Crippen LogP contribution < -0.4 is 15.0 Å². The molecule has 6 nitrogen and oxygen atoms in total. The molecule has 1 aromatic carbocycles. The van der Waals surface area contributed by atoms with Crippen LogP contribution in [-0.2, 0) is 4.79 Å². The number of rotatable bonds is 6. The van der Waals surface area contributed by atoms with Gasteiger partial charge in [0, 0.05) is 47.1 Å². The average Bonchev–Trinajstić information content (AvgIpc) is 3.20. The third-order valence-corrected chi connectivity index (χ3v) is 5.69. The number of benzene rings is 1. The summed E-state index contributed by atoms with van der Waals surface area (Å²) in [7, 11) is 1.62. The van der Waals surface area contributed by atoms with Crippen molar-refractivity contribution in [3.05, 3.63) is 59.3 Å². The molecule has 1 saturated carbocycles. The molecule has 29 heavy (non-hydrogen) atoms. The highest BCUT2D eigenvalue weighted by Gasteiger charge is 2.40. The maximum atomic E-state index is 12.8. The van der Waals surface area contributed by atoms with E-state index >= 15 is 0 Å². The van der Waals surface area contributed by atoms with Crippen LogP contribution in [0.2, 0.25) is 0 Å². The summed E-state index contributed by atoms with van der Waals surface area (Å²) in [5.41, 5.74) is 3.18. The van der Waals surface area contributed by atoms with Crippen molar-refractivity contribution in [2.24, 2.45) is 0 Å². The van der Waals surface area contributed by atoms with Gasteiger partial charge in [0.25, 0.3) is 17.9 Å². The van der Waals surface area contributed by atoms with Crippen LogP contribution in [0.5, 0.6) is 5.75 Å². The van der Waals surface area contributed by atoms with Gasteiger partial charge in [-0.15, -0.1) is 0 Å². The molecule has 3 aliphatic rings. The van der Waals surface area contributed by atoms with Crippen molar-refractivity contribution in [2.75, 3.05) is 13.7 Å². The number of methoxy groups -OCH3 is 1. The highest BCUT2D eigenvalue weighted by atomic mass is 16.5. The second-order valence-electron chi connectivity index (χ2n) is 7.51. The second-order valence-corrected chi connectivity index (χ2v) is 7.51. The van der Waals surface area contributed by atoms with E-state index in [1.165, 1.54) is 6.42 Å². The predicted molar refractivity (Wildman–Crippen MR) is 112 cm³/mol. The molecular formula is C23H26N3O3+. The quantitative estimate of drug-likeness (QED) is 0.715. The van der Waals surface area contributed by atoms with Crippen molar-refractivity contribution in [3.8, 4) is 5.75 Å². The highest BCUT2D eigenvalue weighted by Crippen LogP contribution is 2.36. The molecule has 150 valence electrons. The maximum Gasteiger partial charge on any atom is 0.300 e. The van der Waals surface area contributed by atoms with E-state index in [-0.39, 0.29) is 17.9 Å². The minimum Gasteiger partial charge on any atom is -0.496 e. The van der Waals surface area contributed by atoms with Crippen molar-refractivity contribution in [2.45, 2.75) is 38.3 Å². The van der Waals surface area contributed by atoms with Crippen LogP contribution in [0.15, 0.2) is 48.2 Å². The summed E-state index contributed by atoms with van der Waals surface area (Å²) < 4.78 is 5.59. The number of nitrogens with zero attached hydrogens (tertiary/aromatic N) is 1. The van der Waals surface area contributed by atoms with Crippen LogP contribution in [0, 0.1) is 0 Å². The van der Waals surface area contributed by atoms with E-state index in [2.05, 4.69) is 10.3 Å². The summed E-state index contributed by atoms with van der Waals surface area (Å²) in [6.07, 6.45) is 12.7. The van der Waals surface area contributed by atoms with Crippen molar-refractivity contribution < 1.29 is 19.3 Å². The lowest BCUT2D eigenvalue weighted by Crippen LogP contribution is -2.79. The van der Waals surface area contributed by atoms with Crippen LogP contribution in [0.25, 0.3) is 5.57 Å². The molecule has 1 fully saturated rings. The van der Waals surface area contributed by atoms with Gasteiger partial charge in [-0.2, -0.15) is 0 Å².